The molecule has 0 saturated carbocycles. The Morgan fingerprint density at radius 2 is 1.60 bits per heavy atom. The third-order valence-corrected chi connectivity index (χ3v) is 4.00. The highest BCUT2D eigenvalue weighted by molar-refractivity contribution is 5.90. The van der Waals surface area contributed by atoms with Gasteiger partial charge in [0.2, 0.25) is 0 Å². The third kappa shape index (κ3) is 7.34. The maximum Gasteiger partial charge on any atom is 0.338 e. The minimum atomic E-state index is -0.257. The van der Waals surface area contributed by atoms with Crippen LogP contribution in [0.2, 0.25) is 0 Å². The number of carbonyl (C=O) groups excluding carboxylic acids is 1. The summed E-state index contributed by atoms with van der Waals surface area (Å²) in [6.07, 6.45) is 8.91. The molecule has 2 aromatic rings. The van der Waals surface area contributed by atoms with E-state index in [0.717, 1.165) is 24.1 Å². The molecule has 0 amide bonds. The molecule has 0 unspecified atom stereocenters. The van der Waals surface area contributed by atoms with Crippen LogP contribution in [0.4, 0.5) is 5.69 Å². The van der Waals surface area contributed by atoms with E-state index in [4.69, 9.17) is 4.74 Å². The zero-order valence-electron chi connectivity index (χ0n) is 15.0. The number of ether oxygens (including phenoxy) is 1. The maximum absolute atomic E-state index is 12.0. The van der Waals surface area contributed by atoms with E-state index in [1.807, 2.05) is 48.7 Å². The van der Waals surface area contributed by atoms with Gasteiger partial charge < -0.3 is 4.74 Å². The van der Waals surface area contributed by atoms with Crippen molar-refractivity contribution >= 4 is 17.9 Å². The minimum absolute atomic E-state index is 0.257. The van der Waals surface area contributed by atoms with Gasteiger partial charge in [-0.1, -0.05) is 69.4 Å². The number of rotatable bonds is 10. The lowest BCUT2D eigenvalue weighted by Crippen LogP contribution is -2.06. The van der Waals surface area contributed by atoms with Crippen molar-refractivity contribution in [3.63, 3.8) is 0 Å². The largest absolute Gasteiger partial charge is 0.462 e. The van der Waals surface area contributed by atoms with Crippen LogP contribution in [0.25, 0.3) is 0 Å². The topological polar surface area (TPSA) is 38.7 Å². The summed E-state index contributed by atoms with van der Waals surface area (Å²) in [5, 5.41) is 0. The summed E-state index contributed by atoms with van der Waals surface area (Å²) >= 11 is 0. The van der Waals surface area contributed by atoms with E-state index in [-0.39, 0.29) is 5.97 Å². The first-order valence-corrected chi connectivity index (χ1v) is 9.16. The monoisotopic (exact) mass is 337 g/mol. The van der Waals surface area contributed by atoms with Gasteiger partial charge in [-0.25, -0.2) is 4.79 Å². The first kappa shape index (κ1) is 18.9. The zero-order valence-corrected chi connectivity index (χ0v) is 15.0. The molecule has 132 valence electrons. The van der Waals surface area contributed by atoms with Crippen LogP contribution in [0.15, 0.2) is 59.6 Å². The van der Waals surface area contributed by atoms with Crippen molar-refractivity contribution in [3.05, 3.63) is 65.7 Å². The molecule has 0 N–H and O–H groups in total. The van der Waals surface area contributed by atoms with Crippen molar-refractivity contribution < 1.29 is 9.53 Å². The van der Waals surface area contributed by atoms with E-state index < -0.39 is 0 Å². The first-order valence-electron chi connectivity index (χ1n) is 9.16. The lowest BCUT2D eigenvalue weighted by Gasteiger charge is -2.05. The highest BCUT2D eigenvalue weighted by Crippen LogP contribution is 2.14. The zero-order chi connectivity index (χ0) is 17.7. The van der Waals surface area contributed by atoms with E-state index in [0.29, 0.717) is 12.2 Å². The van der Waals surface area contributed by atoms with Gasteiger partial charge in [-0.05, 0) is 36.2 Å². The summed E-state index contributed by atoms with van der Waals surface area (Å²) in [6, 6.07) is 17.1. The maximum atomic E-state index is 12.0. The van der Waals surface area contributed by atoms with Crippen LogP contribution >= 0.6 is 0 Å². The molecule has 0 aliphatic heterocycles. The van der Waals surface area contributed by atoms with Gasteiger partial charge in [0, 0.05) is 6.21 Å². The van der Waals surface area contributed by atoms with Gasteiger partial charge in [-0.15, -0.1) is 0 Å². The summed E-state index contributed by atoms with van der Waals surface area (Å²) < 4.78 is 5.33. The normalized spacial score (nSPS) is 10.9. The number of esters is 1. The van der Waals surface area contributed by atoms with Crippen LogP contribution in [-0.4, -0.2) is 18.8 Å². The second kappa shape index (κ2) is 11.2. The van der Waals surface area contributed by atoms with Crippen LogP contribution in [-0.2, 0) is 4.74 Å². The molecule has 3 nitrogen and oxygen atoms in total. The van der Waals surface area contributed by atoms with Crippen molar-refractivity contribution in [3.8, 4) is 0 Å². The molecule has 0 spiro atoms. The van der Waals surface area contributed by atoms with Gasteiger partial charge in [0.15, 0.2) is 0 Å². The van der Waals surface area contributed by atoms with E-state index in [1.54, 1.807) is 12.1 Å². The summed E-state index contributed by atoms with van der Waals surface area (Å²) in [7, 11) is 0. The number of hydrogen-bond acceptors (Lipinski definition) is 3. The third-order valence-electron chi connectivity index (χ3n) is 4.00. The molecule has 2 aromatic carbocycles. The fraction of sp³-hybridized carbons (Fsp3) is 0.364. The SMILES string of the molecule is CCCCCCCCOC(=O)c1ccc(N=Cc2ccccc2)cc1. The van der Waals surface area contributed by atoms with Crippen molar-refractivity contribution in [2.45, 2.75) is 45.4 Å². The summed E-state index contributed by atoms with van der Waals surface area (Å²) in [5.74, 6) is -0.257. The predicted molar refractivity (Wildman–Crippen MR) is 104 cm³/mol. The van der Waals surface area contributed by atoms with Gasteiger partial charge in [0.05, 0.1) is 17.9 Å². The van der Waals surface area contributed by atoms with E-state index >= 15 is 0 Å². The Bertz CT molecular complexity index is 647. The average molecular weight is 337 g/mol. The number of carbonyl (C=O) groups is 1. The van der Waals surface area contributed by atoms with Gasteiger partial charge in [0.25, 0.3) is 0 Å². The second-order valence-electron chi connectivity index (χ2n) is 6.12. The van der Waals surface area contributed by atoms with Crippen LogP contribution in [0, 0.1) is 0 Å². The fourth-order valence-electron chi connectivity index (χ4n) is 2.50. The van der Waals surface area contributed by atoms with E-state index in [1.165, 1.54) is 25.7 Å². The summed E-state index contributed by atoms with van der Waals surface area (Å²) in [5.41, 5.74) is 2.44. The Hall–Kier alpha value is -2.42. The Morgan fingerprint density at radius 3 is 2.32 bits per heavy atom. The van der Waals surface area contributed by atoms with Crippen LogP contribution < -0.4 is 0 Å². The molecule has 0 aromatic heterocycles. The van der Waals surface area contributed by atoms with Gasteiger partial charge in [-0.3, -0.25) is 4.99 Å². The molecular formula is C22H27NO2. The lowest BCUT2D eigenvalue weighted by molar-refractivity contribution is 0.0497. The van der Waals surface area contributed by atoms with Crippen LogP contribution in [0.3, 0.4) is 0 Å². The molecule has 0 aliphatic rings. The number of unbranched alkanes of at least 4 members (excludes halogenated alkanes) is 5. The van der Waals surface area contributed by atoms with Crippen LogP contribution in [0.1, 0.15) is 61.4 Å². The Labute approximate surface area is 150 Å². The lowest BCUT2D eigenvalue weighted by atomic mass is 10.1. The number of hydrogen-bond donors (Lipinski definition) is 0. The average Bonchev–Trinajstić information content (AvgIpc) is 2.67. The molecule has 0 atom stereocenters. The van der Waals surface area contributed by atoms with E-state index in [9.17, 15) is 4.79 Å². The minimum Gasteiger partial charge on any atom is -0.462 e. The Kier molecular flexibility index (Phi) is 8.46. The summed E-state index contributed by atoms with van der Waals surface area (Å²) in [6.45, 7) is 2.71. The molecule has 0 saturated heterocycles. The van der Waals surface area contributed by atoms with Gasteiger partial charge >= 0.3 is 5.97 Å². The Balaban J connectivity index is 1.73. The number of nitrogens with zero attached hydrogens (tertiary/aromatic N) is 1. The molecule has 0 heterocycles. The molecule has 0 aliphatic carbocycles. The predicted octanol–water partition coefficient (Wildman–Crippen LogP) is 5.95. The smallest absolute Gasteiger partial charge is 0.338 e. The van der Waals surface area contributed by atoms with Crippen molar-refractivity contribution in [2.24, 2.45) is 4.99 Å². The van der Waals surface area contributed by atoms with Crippen molar-refractivity contribution in [2.75, 3.05) is 6.61 Å². The highest BCUT2D eigenvalue weighted by Gasteiger charge is 2.06. The molecule has 2 rings (SSSR count). The second-order valence-corrected chi connectivity index (χ2v) is 6.12. The first-order chi connectivity index (χ1) is 12.3. The fourth-order valence-corrected chi connectivity index (χ4v) is 2.50. The van der Waals surface area contributed by atoms with E-state index in [2.05, 4.69) is 11.9 Å². The molecule has 0 fully saturated rings. The molecular weight excluding hydrogens is 310 g/mol. The van der Waals surface area contributed by atoms with Gasteiger partial charge in [-0.2, -0.15) is 0 Å². The standard InChI is InChI=1S/C22H27NO2/c1-2-3-4-5-6-10-17-25-22(24)20-13-15-21(16-14-20)23-18-19-11-8-7-9-12-19/h7-9,11-16,18H,2-6,10,17H2,1H3. The molecule has 3 heteroatoms. The molecule has 0 bridgehead atoms. The quantitative estimate of drug-likeness (QED) is 0.305. The number of aliphatic imine (C=N–C) groups is 1. The molecule has 25 heavy (non-hydrogen) atoms. The van der Waals surface area contributed by atoms with Gasteiger partial charge in [0.1, 0.15) is 0 Å². The summed E-state index contributed by atoms with van der Waals surface area (Å²) in [4.78, 5) is 16.4. The number of benzene rings is 2. The Morgan fingerprint density at radius 1 is 0.920 bits per heavy atom. The highest BCUT2D eigenvalue weighted by atomic mass is 16.5. The van der Waals surface area contributed by atoms with Crippen molar-refractivity contribution in [1.29, 1.82) is 0 Å². The van der Waals surface area contributed by atoms with Crippen LogP contribution in [0.5, 0.6) is 0 Å². The molecule has 0 radical (unpaired) electrons. The van der Waals surface area contributed by atoms with Crippen molar-refractivity contribution in [1.82, 2.24) is 0 Å².